The van der Waals surface area contributed by atoms with Gasteiger partial charge in [0.15, 0.2) is 0 Å². The van der Waals surface area contributed by atoms with Gasteiger partial charge in [-0.25, -0.2) is 4.79 Å². The number of aliphatic hydroxyl groups excluding tert-OH is 1. The summed E-state index contributed by atoms with van der Waals surface area (Å²) in [5, 5.41) is 10.0. The van der Waals surface area contributed by atoms with Gasteiger partial charge in [-0.15, -0.1) is 0 Å². The quantitative estimate of drug-likeness (QED) is 0.793. The van der Waals surface area contributed by atoms with Crippen LogP contribution in [-0.4, -0.2) is 15.1 Å². The van der Waals surface area contributed by atoms with Crippen molar-refractivity contribution >= 4 is 15.9 Å². The Labute approximate surface area is 111 Å². The Morgan fingerprint density at radius 3 is 2.50 bits per heavy atom. The van der Waals surface area contributed by atoms with Crippen LogP contribution in [0.4, 0.5) is 0 Å². The molecule has 2 aromatic rings. The fourth-order valence-electron chi connectivity index (χ4n) is 1.65. The molecule has 0 aliphatic carbocycles. The topological polar surface area (TPSA) is 85.9 Å². The number of aliphatic hydroxyl groups is 1. The minimum absolute atomic E-state index is 0.157. The lowest BCUT2D eigenvalue weighted by Crippen LogP contribution is -2.25. The summed E-state index contributed by atoms with van der Waals surface area (Å²) in [4.78, 5) is 27.1. The number of benzene rings is 1. The highest BCUT2D eigenvalue weighted by Gasteiger charge is 2.13. The van der Waals surface area contributed by atoms with E-state index in [1.54, 1.807) is 12.1 Å². The van der Waals surface area contributed by atoms with Crippen LogP contribution < -0.4 is 11.2 Å². The Kier molecular flexibility index (Phi) is 3.78. The molecule has 0 aliphatic heterocycles. The number of rotatable bonds is 3. The largest absolute Gasteiger partial charge is 0.388 e. The fourth-order valence-corrected chi connectivity index (χ4v) is 2.01. The van der Waals surface area contributed by atoms with Gasteiger partial charge in [-0.3, -0.25) is 9.78 Å². The first-order valence-electron chi connectivity index (χ1n) is 5.32. The van der Waals surface area contributed by atoms with Crippen LogP contribution in [0.3, 0.4) is 0 Å². The highest BCUT2D eigenvalue weighted by molar-refractivity contribution is 9.10. The minimum atomic E-state index is -0.778. The molecule has 0 bridgehead atoms. The molecule has 2 rings (SSSR count). The number of halogens is 1. The number of aromatic nitrogens is 2. The van der Waals surface area contributed by atoms with E-state index >= 15 is 0 Å². The van der Waals surface area contributed by atoms with E-state index in [9.17, 15) is 14.7 Å². The van der Waals surface area contributed by atoms with Gasteiger partial charge >= 0.3 is 5.69 Å². The molecule has 0 amide bonds. The third-order valence-electron chi connectivity index (χ3n) is 2.54. The van der Waals surface area contributed by atoms with Crippen LogP contribution in [0.5, 0.6) is 0 Å². The number of hydrogen-bond donors (Lipinski definition) is 3. The van der Waals surface area contributed by atoms with E-state index in [1.165, 1.54) is 0 Å². The summed E-state index contributed by atoms with van der Waals surface area (Å²) in [6.45, 7) is 0. The molecule has 1 unspecified atom stereocenters. The van der Waals surface area contributed by atoms with E-state index in [-0.39, 0.29) is 10.9 Å². The van der Waals surface area contributed by atoms with Crippen molar-refractivity contribution < 1.29 is 5.11 Å². The molecule has 18 heavy (non-hydrogen) atoms. The number of H-pyrrole nitrogens is 2. The molecule has 1 aromatic carbocycles. The van der Waals surface area contributed by atoms with Gasteiger partial charge in [0.1, 0.15) is 4.47 Å². The minimum Gasteiger partial charge on any atom is -0.388 e. The highest BCUT2D eigenvalue weighted by Crippen LogP contribution is 2.19. The van der Waals surface area contributed by atoms with E-state index in [0.717, 1.165) is 5.56 Å². The summed E-state index contributed by atoms with van der Waals surface area (Å²) < 4.78 is 0.233. The summed E-state index contributed by atoms with van der Waals surface area (Å²) in [6, 6.07) is 9.04. The highest BCUT2D eigenvalue weighted by atomic mass is 79.9. The molecule has 1 aromatic heterocycles. The first kappa shape index (κ1) is 12.8. The van der Waals surface area contributed by atoms with Gasteiger partial charge in [-0.2, -0.15) is 0 Å². The molecule has 0 fully saturated rings. The van der Waals surface area contributed by atoms with Crippen LogP contribution in [0.2, 0.25) is 0 Å². The van der Waals surface area contributed by atoms with Crippen molar-refractivity contribution in [1.29, 1.82) is 0 Å². The van der Waals surface area contributed by atoms with Gasteiger partial charge in [-0.05, 0) is 21.5 Å². The molecule has 1 atom stereocenters. The van der Waals surface area contributed by atoms with Crippen LogP contribution in [0, 0.1) is 0 Å². The molecule has 0 saturated heterocycles. The fraction of sp³-hybridized carbons (Fsp3) is 0.167. The molecule has 94 valence electrons. The Bertz CT molecular complexity index is 648. The molecule has 0 radical (unpaired) electrons. The first-order chi connectivity index (χ1) is 8.58. The maximum Gasteiger partial charge on any atom is 0.325 e. The molecule has 5 nitrogen and oxygen atoms in total. The van der Waals surface area contributed by atoms with Gasteiger partial charge in [0, 0.05) is 12.1 Å². The van der Waals surface area contributed by atoms with Crippen LogP contribution in [0.15, 0.2) is 44.4 Å². The lowest BCUT2D eigenvalue weighted by molar-refractivity contribution is 0.177. The summed E-state index contributed by atoms with van der Waals surface area (Å²) in [7, 11) is 0. The average molecular weight is 311 g/mol. The van der Waals surface area contributed by atoms with Crippen LogP contribution >= 0.6 is 15.9 Å². The van der Waals surface area contributed by atoms with Crippen molar-refractivity contribution in [3.63, 3.8) is 0 Å². The predicted octanol–water partition coefficient (Wildman–Crippen LogP) is 1.10. The van der Waals surface area contributed by atoms with Gasteiger partial charge in [0.05, 0.1) is 6.10 Å². The van der Waals surface area contributed by atoms with Crippen molar-refractivity contribution in [2.24, 2.45) is 0 Å². The standard InChI is InChI=1S/C12H11BrN2O3/c13-10-8(14-12(18)15-11(10)17)6-9(16)7-4-2-1-3-5-7/h1-5,9,16H,6H2,(H2,14,15,17,18). The lowest BCUT2D eigenvalue weighted by Gasteiger charge is -2.11. The zero-order chi connectivity index (χ0) is 13.1. The monoisotopic (exact) mass is 310 g/mol. The number of nitrogens with one attached hydrogen (secondary N) is 2. The van der Waals surface area contributed by atoms with Crippen molar-refractivity contribution in [2.45, 2.75) is 12.5 Å². The zero-order valence-corrected chi connectivity index (χ0v) is 10.9. The van der Waals surface area contributed by atoms with Gasteiger partial charge in [0.2, 0.25) is 0 Å². The van der Waals surface area contributed by atoms with Crippen molar-refractivity contribution in [2.75, 3.05) is 0 Å². The molecule has 0 saturated carbocycles. The van der Waals surface area contributed by atoms with Crippen LogP contribution in [-0.2, 0) is 6.42 Å². The SMILES string of the molecule is O=c1[nH]c(CC(O)c2ccccc2)c(Br)c(=O)[nH]1. The van der Waals surface area contributed by atoms with Crippen molar-refractivity contribution in [3.8, 4) is 0 Å². The average Bonchev–Trinajstić information content (AvgIpc) is 2.36. The second kappa shape index (κ2) is 5.32. The summed E-state index contributed by atoms with van der Waals surface area (Å²) in [6.07, 6.45) is -0.621. The third kappa shape index (κ3) is 2.77. The lowest BCUT2D eigenvalue weighted by atomic mass is 10.1. The Balaban J connectivity index is 2.30. The Morgan fingerprint density at radius 1 is 1.17 bits per heavy atom. The van der Waals surface area contributed by atoms with E-state index in [2.05, 4.69) is 25.9 Å². The maximum absolute atomic E-state index is 11.4. The third-order valence-corrected chi connectivity index (χ3v) is 3.38. The van der Waals surface area contributed by atoms with E-state index in [0.29, 0.717) is 5.69 Å². The van der Waals surface area contributed by atoms with Crippen LogP contribution in [0.1, 0.15) is 17.4 Å². The second-order valence-corrected chi connectivity index (χ2v) is 4.62. The molecule has 0 aliphatic rings. The smallest absolute Gasteiger partial charge is 0.325 e. The second-order valence-electron chi connectivity index (χ2n) is 3.83. The number of aromatic amines is 2. The molecule has 6 heteroatoms. The molecule has 3 N–H and O–H groups in total. The van der Waals surface area contributed by atoms with E-state index < -0.39 is 17.4 Å². The first-order valence-corrected chi connectivity index (χ1v) is 6.11. The summed E-state index contributed by atoms with van der Waals surface area (Å²) in [5.74, 6) is 0. The normalized spacial score (nSPS) is 12.3. The van der Waals surface area contributed by atoms with Gasteiger partial charge in [0.25, 0.3) is 5.56 Å². The summed E-state index contributed by atoms with van der Waals surface area (Å²) in [5.41, 5.74) is 0.0121. The van der Waals surface area contributed by atoms with Gasteiger partial charge in [-0.1, -0.05) is 30.3 Å². The molecular weight excluding hydrogens is 300 g/mol. The van der Waals surface area contributed by atoms with Crippen molar-refractivity contribution in [3.05, 3.63) is 66.9 Å². The maximum atomic E-state index is 11.4. The summed E-state index contributed by atoms with van der Waals surface area (Å²) >= 11 is 3.09. The predicted molar refractivity (Wildman–Crippen MR) is 70.5 cm³/mol. The molecule has 1 heterocycles. The van der Waals surface area contributed by atoms with E-state index in [4.69, 9.17) is 0 Å². The van der Waals surface area contributed by atoms with E-state index in [1.807, 2.05) is 18.2 Å². The molecule has 0 spiro atoms. The van der Waals surface area contributed by atoms with Crippen molar-refractivity contribution in [1.82, 2.24) is 9.97 Å². The van der Waals surface area contributed by atoms with Gasteiger partial charge < -0.3 is 10.1 Å². The Morgan fingerprint density at radius 2 is 1.83 bits per heavy atom. The zero-order valence-electron chi connectivity index (χ0n) is 9.31. The molecular formula is C12H11BrN2O3. The Hall–Kier alpha value is -1.66. The van der Waals surface area contributed by atoms with Crippen LogP contribution in [0.25, 0.3) is 0 Å². The number of hydrogen-bond acceptors (Lipinski definition) is 3.